The SMILES string of the molecule is C[C@]1(C(=O)O)CC[C@H](n2ncc(C(=O)N(CC(=O)c3c(Cl)cncc3Cl)CC3(F)CC3)c2C(F)(F)F)CC1. The summed E-state index contributed by atoms with van der Waals surface area (Å²) in [6.07, 6.45) is -1.28. The molecule has 0 unspecified atom stereocenters. The van der Waals surface area contributed by atoms with Crippen LogP contribution in [-0.4, -0.2) is 61.2 Å². The number of amides is 1. The van der Waals surface area contributed by atoms with E-state index in [4.69, 9.17) is 23.2 Å². The quantitative estimate of drug-likeness (QED) is 0.321. The van der Waals surface area contributed by atoms with Crippen LogP contribution in [-0.2, 0) is 11.0 Å². The van der Waals surface area contributed by atoms with Crippen LogP contribution in [0.15, 0.2) is 18.6 Å². The molecule has 0 aromatic carbocycles. The predicted octanol–water partition coefficient (Wildman–Crippen LogP) is 5.64. The van der Waals surface area contributed by atoms with E-state index in [0.29, 0.717) is 4.68 Å². The fourth-order valence-corrected chi connectivity index (χ4v) is 5.29. The van der Waals surface area contributed by atoms with Gasteiger partial charge in [-0.2, -0.15) is 18.3 Å². The summed E-state index contributed by atoms with van der Waals surface area (Å²) < 4.78 is 58.3. The molecule has 4 rings (SSSR count). The van der Waals surface area contributed by atoms with Crippen molar-refractivity contribution in [1.29, 1.82) is 0 Å². The van der Waals surface area contributed by atoms with E-state index >= 15 is 0 Å². The number of carboxylic acid groups (broad SMARTS) is 1. The molecule has 0 bridgehead atoms. The van der Waals surface area contributed by atoms with Crippen molar-refractivity contribution in [3.8, 4) is 0 Å². The molecule has 8 nitrogen and oxygen atoms in total. The molecule has 0 radical (unpaired) electrons. The molecule has 0 spiro atoms. The third kappa shape index (κ3) is 5.66. The van der Waals surface area contributed by atoms with Gasteiger partial charge in [-0.05, 0) is 45.4 Å². The molecule has 0 saturated heterocycles. The molecule has 1 amide bonds. The summed E-state index contributed by atoms with van der Waals surface area (Å²) in [6, 6.07) is -0.791. The Hall–Kier alpha value is -2.73. The van der Waals surface area contributed by atoms with E-state index in [1.807, 2.05) is 0 Å². The van der Waals surface area contributed by atoms with Crippen LogP contribution in [0, 0.1) is 5.41 Å². The second-order valence-corrected chi connectivity index (χ2v) is 11.0. The van der Waals surface area contributed by atoms with E-state index in [0.717, 1.165) is 23.5 Å². The van der Waals surface area contributed by atoms with Crippen molar-refractivity contribution in [1.82, 2.24) is 19.7 Å². The first kappa shape index (κ1) is 28.3. The third-order valence-electron chi connectivity index (χ3n) is 7.24. The molecule has 2 aliphatic rings. The molecule has 0 atom stereocenters. The Bertz CT molecular complexity index is 1250. The molecule has 14 heteroatoms. The Kier molecular flexibility index (Phi) is 7.52. The summed E-state index contributed by atoms with van der Waals surface area (Å²) in [5.74, 6) is -3.03. The number of ketones is 1. The number of hydrogen-bond donors (Lipinski definition) is 1. The summed E-state index contributed by atoms with van der Waals surface area (Å²) >= 11 is 12.0. The van der Waals surface area contributed by atoms with Gasteiger partial charge in [0.15, 0.2) is 11.5 Å². The van der Waals surface area contributed by atoms with Gasteiger partial charge < -0.3 is 10.0 Å². The van der Waals surface area contributed by atoms with Gasteiger partial charge in [-0.1, -0.05) is 23.2 Å². The van der Waals surface area contributed by atoms with Gasteiger partial charge in [-0.25, -0.2) is 4.39 Å². The second kappa shape index (κ2) is 10.1. The Morgan fingerprint density at radius 2 is 1.68 bits per heavy atom. The highest BCUT2D eigenvalue weighted by molar-refractivity contribution is 6.39. The number of hydrogen-bond acceptors (Lipinski definition) is 5. The van der Waals surface area contributed by atoms with E-state index in [9.17, 15) is 37.1 Å². The molecule has 2 fully saturated rings. The lowest BCUT2D eigenvalue weighted by atomic mass is 9.74. The smallest absolute Gasteiger partial charge is 0.433 e. The van der Waals surface area contributed by atoms with Gasteiger partial charge in [0.25, 0.3) is 5.91 Å². The van der Waals surface area contributed by atoms with Gasteiger partial charge in [0.2, 0.25) is 0 Å². The monoisotopic (exact) mass is 578 g/mol. The maximum Gasteiger partial charge on any atom is 0.433 e. The summed E-state index contributed by atoms with van der Waals surface area (Å²) in [4.78, 5) is 42.4. The summed E-state index contributed by atoms with van der Waals surface area (Å²) in [5.41, 5.74) is -5.21. The zero-order valence-electron chi connectivity index (χ0n) is 20.2. The van der Waals surface area contributed by atoms with Crippen LogP contribution in [0.2, 0.25) is 10.0 Å². The van der Waals surface area contributed by atoms with Gasteiger partial charge in [0, 0.05) is 12.4 Å². The van der Waals surface area contributed by atoms with Crippen molar-refractivity contribution in [3.05, 3.63) is 45.5 Å². The first-order valence-corrected chi connectivity index (χ1v) is 12.6. The minimum atomic E-state index is -5.00. The number of aliphatic carboxylic acids is 1. The zero-order chi connectivity index (χ0) is 28.0. The number of carboxylic acids is 1. The van der Waals surface area contributed by atoms with E-state index in [2.05, 4.69) is 10.1 Å². The van der Waals surface area contributed by atoms with E-state index < -0.39 is 65.3 Å². The normalized spacial score (nSPS) is 22.7. The number of carbonyl (C=O) groups excluding carboxylic acids is 2. The van der Waals surface area contributed by atoms with Crippen LogP contribution in [0.3, 0.4) is 0 Å². The molecule has 1 N–H and O–H groups in total. The Labute approximate surface area is 224 Å². The van der Waals surface area contributed by atoms with Crippen LogP contribution in [0.25, 0.3) is 0 Å². The number of pyridine rings is 1. The summed E-state index contributed by atoms with van der Waals surface area (Å²) in [5, 5.41) is 13.0. The maximum absolute atomic E-state index is 14.7. The van der Waals surface area contributed by atoms with Gasteiger partial charge in [-0.15, -0.1) is 0 Å². The number of rotatable bonds is 8. The molecule has 2 saturated carbocycles. The van der Waals surface area contributed by atoms with Crippen molar-refractivity contribution in [3.63, 3.8) is 0 Å². The summed E-state index contributed by atoms with van der Waals surface area (Å²) in [6.45, 7) is 0.173. The fraction of sp³-hybridized carbons (Fsp3) is 0.542. The van der Waals surface area contributed by atoms with Crippen molar-refractivity contribution in [2.45, 2.75) is 63.3 Å². The topological polar surface area (TPSA) is 105 Å². The van der Waals surface area contributed by atoms with E-state index in [1.54, 1.807) is 0 Å². The van der Waals surface area contributed by atoms with Crippen molar-refractivity contribution in [2.24, 2.45) is 5.41 Å². The molecule has 2 aromatic heterocycles. The van der Waals surface area contributed by atoms with Crippen molar-refractivity contribution in [2.75, 3.05) is 13.1 Å². The highest BCUT2D eigenvalue weighted by Gasteiger charge is 2.48. The molecule has 2 heterocycles. The number of nitrogens with zero attached hydrogens (tertiary/aromatic N) is 4. The number of Topliss-reactive ketones (excluding diaryl/α,β-unsaturated/α-hetero) is 1. The molecule has 206 valence electrons. The molecule has 0 aliphatic heterocycles. The number of alkyl halides is 4. The maximum atomic E-state index is 14.7. The zero-order valence-corrected chi connectivity index (χ0v) is 21.7. The Morgan fingerprint density at radius 1 is 1.11 bits per heavy atom. The van der Waals surface area contributed by atoms with Crippen molar-refractivity contribution < 1.29 is 37.1 Å². The highest BCUT2D eigenvalue weighted by Crippen LogP contribution is 2.44. The predicted molar refractivity (Wildman–Crippen MR) is 128 cm³/mol. The standard InChI is InChI=1S/C24H24Cl2F4N4O4/c1-22(21(37)38)4-2-13(3-5-22)34-19(24(28,29)30)14(8-32-34)20(36)33(12-23(27)6-7-23)11-17(35)18-15(25)9-31-10-16(18)26/h8-10,13H,2-7,11-12H2,1H3,(H,37,38)/t13-,22-. The minimum absolute atomic E-state index is 0.0948. The van der Waals surface area contributed by atoms with Crippen LogP contribution in [0.4, 0.5) is 17.6 Å². The van der Waals surface area contributed by atoms with Gasteiger partial charge >= 0.3 is 12.1 Å². The van der Waals surface area contributed by atoms with Crippen LogP contribution < -0.4 is 0 Å². The molecular formula is C24H24Cl2F4N4O4. The Morgan fingerprint density at radius 3 is 2.18 bits per heavy atom. The molecular weight excluding hydrogens is 555 g/mol. The minimum Gasteiger partial charge on any atom is -0.481 e. The van der Waals surface area contributed by atoms with Gasteiger partial charge in [0.1, 0.15) is 5.67 Å². The third-order valence-corrected chi connectivity index (χ3v) is 7.81. The lowest BCUT2D eigenvalue weighted by Gasteiger charge is -2.34. The molecule has 2 aliphatic carbocycles. The first-order chi connectivity index (χ1) is 17.7. The van der Waals surface area contributed by atoms with Gasteiger partial charge in [0.05, 0.1) is 51.9 Å². The van der Waals surface area contributed by atoms with Crippen molar-refractivity contribution >= 4 is 40.9 Å². The number of halogens is 6. The number of aromatic nitrogens is 3. The van der Waals surface area contributed by atoms with Gasteiger partial charge in [-0.3, -0.25) is 24.0 Å². The average molecular weight is 579 g/mol. The largest absolute Gasteiger partial charge is 0.481 e. The van der Waals surface area contributed by atoms with Crippen LogP contribution in [0.5, 0.6) is 0 Å². The highest BCUT2D eigenvalue weighted by atomic mass is 35.5. The fourth-order valence-electron chi connectivity index (χ4n) is 4.71. The molecule has 2 aromatic rings. The van der Waals surface area contributed by atoms with E-state index in [-0.39, 0.29) is 54.1 Å². The Balaban J connectivity index is 1.66. The lowest BCUT2D eigenvalue weighted by molar-refractivity contribution is -0.152. The lowest BCUT2D eigenvalue weighted by Crippen LogP contribution is -2.41. The molecule has 38 heavy (non-hydrogen) atoms. The second-order valence-electron chi connectivity index (χ2n) is 10.2. The van der Waals surface area contributed by atoms with Crippen LogP contribution >= 0.6 is 23.2 Å². The first-order valence-electron chi connectivity index (χ1n) is 11.8. The van der Waals surface area contributed by atoms with Crippen LogP contribution in [0.1, 0.15) is 77.9 Å². The van der Waals surface area contributed by atoms with E-state index in [1.165, 1.54) is 6.92 Å². The average Bonchev–Trinajstić information content (AvgIpc) is 3.37. The summed E-state index contributed by atoms with van der Waals surface area (Å²) in [7, 11) is 0. The number of carbonyl (C=O) groups is 3.